The molecule has 0 atom stereocenters. The van der Waals surface area contributed by atoms with Crippen molar-refractivity contribution >= 4 is 11.9 Å². The molecule has 0 saturated heterocycles. The first-order valence-electron chi connectivity index (χ1n) is 4.40. The van der Waals surface area contributed by atoms with E-state index in [1.165, 1.54) is 0 Å². The lowest BCUT2D eigenvalue weighted by molar-refractivity contribution is -0.275. The maximum atomic E-state index is 13.4. The maximum Gasteiger partial charge on any atom is 0.573 e. The molecule has 0 aromatic heterocycles. The van der Waals surface area contributed by atoms with Gasteiger partial charge in [0.05, 0.1) is 0 Å². The molecule has 11 heteroatoms. The Balaban J connectivity index is 3.78. The fraction of sp³-hybridized carbons (Fsp3) is 0.111. The normalized spacial score (nSPS) is 11.3. The SMILES string of the molecule is O=C(O)c1c(F)c(F)c(C(=O)O)c(OC(F)(F)F)c1F. The first-order chi connectivity index (χ1) is 8.97. The van der Waals surface area contributed by atoms with Crippen molar-refractivity contribution in [2.45, 2.75) is 6.36 Å². The molecular weight excluding hydrogens is 302 g/mol. The summed E-state index contributed by atoms with van der Waals surface area (Å²) in [5, 5.41) is 16.8. The lowest BCUT2D eigenvalue weighted by Gasteiger charge is -2.14. The lowest BCUT2D eigenvalue weighted by Crippen LogP contribution is -2.23. The van der Waals surface area contributed by atoms with Crippen molar-refractivity contribution in [3.05, 3.63) is 28.6 Å². The predicted octanol–water partition coefficient (Wildman–Crippen LogP) is 2.40. The Hall–Kier alpha value is -2.46. The summed E-state index contributed by atoms with van der Waals surface area (Å²) in [7, 11) is 0. The van der Waals surface area contributed by atoms with Gasteiger partial charge in [-0.2, -0.15) is 0 Å². The van der Waals surface area contributed by atoms with Gasteiger partial charge in [0.2, 0.25) is 0 Å². The highest BCUT2D eigenvalue weighted by atomic mass is 19.4. The summed E-state index contributed by atoms with van der Waals surface area (Å²) in [6.45, 7) is 0. The Morgan fingerprint density at radius 3 is 1.60 bits per heavy atom. The first kappa shape index (κ1) is 15.6. The molecule has 0 saturated carbocycles. The number of alkyl halides is 3. The second-order valence-electron chi connectivity index (χ2n) is 3.18. The highest BCUT2D eigenvalue weighted by Gasteiger charge is 2.39. The minimum absolute atomic E-state index is 2.10. The Kier molecular flexibility index (Phi) is 3.82. The van der Waals surface area contributed by atoms with E-state index in [9.17, 15) is 35.9 Å². The van der Waals surface area contributed by atoms with Gasteiger partial charge in [-0.3, -0.25) is 0 Å². The number of carboxylic acid groups (broad SMARTS) is 2. The van der Waals surface area contributed by atoms with Gasteiger partial charge in [0, 0.05) is 0 Å². The zero-order valence-electron chi connectivity index (χ0n) is 8.89. The van der Waals surface area contributed by atoms with E-state index in [2.05, 4.69) is 4.74 Å². The number of benzene rings is 1. The van der Waals surface area contributed by atoms with Crippen LogP contribution in [-0.2, 0) is 0 Å². The quantitative estimate of drug-likeness (QED) is 0.661. The van der Waals surface area contributed by atoms with Crippen molar-refractivity contribution in [2.75, 3.05) is 0 Å². The van der Waals surface area contributed by atoms with E-state index in [-0.39, 0.29) is 0 Å². The van der Waals surface area contributed by atoms with Crippen LogP contribution in [0, 0.1) is 17.5 Å². The minimum Gasteiger partial charge on any atom is -0.477 e. The van der Waals surface area contributed by atoms with Crippen LogP contribution in [0.5, 0.6) is 5.75 Å². The molecule has 1 aromatic carbocycles. The molecule has 0 unspecified atom stereocenters. The van der Waals surface area contributed by atoms with Crippen LogP contribution in [0.25, 0.3) is 0 Å². The summed E-state index contributed by atoms with van der Waals surface area (Å²) < 4.78 is 78.7. The van der Waals surface area contributed by atoms with Crippen molar-refractivity contribution < 1.29 is 50.9 Å². The largest absolute Gasteiger partial charge is 0.573 e. The molecule has 0 radical (unpaired) electrons. The van der Waals surface area contributed by atoms with Crippen LogP contribution in [0.3, 0.4) is 0 Å². The van der Waals surface area contributed by atoms with Gasteiger partial charge in [0.15, 0.2) is 23.2 Å². The molecule has 0 aliphatic carbocycles. The number of rotatable bonds is 3. The molecule has 0 aliphatic heterocycles. The van der Waals surface area contributed by atoms with Gasteiger partial charge in [-0.05, 0) is 0 Å². The molecule has 0 spiro atoms. The molecular formula is C9H2F6O5. The van der Waals surface area contributed by atoms with Gasteiger partial charge in [0.25, 0.3) is 0 Å². The number of ether oxygens (including phenoxy) is 1. The zero-order valence-corrected chi connectivity index (χ0v) is 8.89. The number of carbonyl (C=O) groups is 2. The second kappa shape index (κ2) is 4.90. The van der Waals surface area contributed by atoms with Crippen LogP contribution in [0.2, 0.25) is 0 Å². The molecule has 2 N–H and O–H groups in total. The van der Waals surface area contributed by atoms with Gasteiger partial charge in [-0.15, -0.1) is 13.2 Å². The fourth-order valence-corrected chi connectivity index (χ4v) is 1.23. The van der Waals surface area contributed by atoms with Crippen LogP contribution in [0.4, 0.5) is 26.3 Å². The molecule has 0 aliphatic rings. The summed E-state index contributed by atoms with van der Waals surface area (Å²) in [4.78, 5) is 21.0. The van der Waals surface area contributed by atoms with Crippen molar-refractivity contribution in [3.63, 3.8) is 0 Å². The van der Waals surface area contributed by atoms with E-state index in [0.29, 0.717) is 0 Å². The number of aromatic carboxylic acids is 2. The van der Waals surface area contributed by atoms with Crippen molar-refractivity contribution in [1.29, 1.82) is 0 Å². The third-order valence-corrected chi connectivity index (χ3v) is 1.92. The van der Waals surface area contributed by atoms with Gasteiger partial charge in [-0.25, -0.2) is 22.8 Å². The van der Waals surface area contributed by atoms with Crippen LogP contribution in [0.1, 0.15) is 20.7 Å². The average molecular weight is 304 g/mol. The van der Waals surface area contributed by atoms with Crippen LogP contribution in [-0.4, -0.2) is 28.5 Å². The van der Waals surface area contributed by atoms with Gasteiger partial charge in [-0.1, -0.05) is 0 Å². The Morgan fingerprint density at radius 2 is 1.25 bits per heavy atom. The summed E-state index contributed by atoms with van der Waals surface area (Å²) in [5.41, 5.74) is -4.21. The van der Waals surface area contributed by atoms with Crippen molar-refractivity contribution in [2.24, 2.45) is 0 Å². The van der Waals surface area contributed by atoms with Crippen LogP contribution in [0.15, 0.2) is 0 Å². The van der Waals surface area contributed by atoms with E-state index in [4.69, 9.17) is 10.2 Å². The Bertz CT molecular complexity index is 594. The second-order valence-corrected chi connectivity index (χ2v) is 3.18. The maximum absolute atomic E-state index is 13.4. The third kappa shape index (κ3) is 2.75. The van der Waals surface area contributed by atoms with Crippen LogP contribution >= 0.6 is 0 Å². The lowest BCUT2D eigenvalue weighted by atomic mass is 10.1. The zero-order chi connectivity index (χ0) is 15.8. The van der Waals surface area contributed by atoms with Crippen molar-refractivity contribution in [1.82, 2.24) is 0 Å². The van der Waals surface area contributed by atoms with E-state index in [1.807, 2.05) is 0 Å². The number of hydrogen-bond donors (Lipinski definition) is 2. The molecule has 5 nitrogen and oxygen atoms in total. The highest BCUT2D eigenvalue weighted by Crippen LogP contribution is 2.35. The van der Waals surface area contributed by atoms with E-state index < -0.39 is 52.6 Å². The Morgan fingerprint density at radius 1 is 0.850 bits per heavy atom. The molecule has 110 valence electrons. The van der Waals surface area contributed by atoms with E-state index in [0.717, 1.165) is 0 Å². The predicted molar refractivity (Wildman–Crippen MR) is 46.9 cm³/mol. The number of halogens is 6. The minimum atomic E-state index is -5.65. The standard InChI is InChI=1S/C9H2F6O5/c10-3-1(7(16)17)5(12)6(20-9(13,14)15)2(4(3)11)8(18)19/h(H,16,17)(H,18,19). The molecule has 0 fully saturated rings. The summed E-state index contributed by atoms with van der Waals surface area (Å²) >= 11 is 0. The topological polar surface area (TPSA) is 83.8 Å². The summed E-state index contributed by atoms with van der Waals surface area (Å²) in [5.74, 6) is -14.6. The first-order valence-corrected chi connectivity index (χ1v) is 4.40. The highest BCUT2D eigenvalue weighted by molar-refractivity contribution is 5.95. The van der Waals surface area contributed by atoms with Gasteiger partial charge < -0.3 is 14.9 Å². The molecule has 0 bridgehead atoms. The number of hydrogen-bond acceptors (Lipinski definition) is 3. The summed E-state index contributed by atoms with van der Waals surface area (Å²) in [6, 6.07) is 0. The average Bonchev–Trinajstić information content (AvgIpc) is 2.23. The monoisotopic (exact) mass is 304 g/mol. The van der Waals surface area contributed by atoms with Gasteiger partial charge >= 0.3 is 18.3 Å². The van der Waals surface area contributed by atoms with Gasteiger partial charge in [0.1, 0.15) is 11.1 Å². The number of carboxylic acids is 2. The third-order valence-electron chi connectivity index (χ3n) is 1.92. The molecule has 20 heavy (non-hydrogen) atoms. The van der Waals surface area contributed by atoms with Crippen molar-refractivity contribution in [3.8, 4) is 5.75 Å². The van der Waals surface area contributed by atoms with E-state index >= 15 is 0 Å². The molecule has 1 rings (SSSR count). The van der Waals surface area contributed by atoms with Crippen LogP contribution < -0.4 is 4.74 Å². The molecule has 0 amide bonds. The molecule has 1 aromatic rings. The molecule has 0 heterocycles. The summed E-state index contributed by atoms with van der Waals surface area (Å²) in [6.07, 6.45) is -5.65. The Labute approximate surface area is 105 Å². The van der Waals surface area contributed by atoms with E-state index in [1.54, 1.807) is 0 Å². The smallest absolute Gasteiger partial charge is 0.477 e. The fourth-order valence-electron chi connectivity index (χ4n) is 1.23.